The van der Waals surface area contributed by atoms with Gasteiger partial charge in [-0.1, -0.05) is 126 Å². The molecule has 0 radical (unpaired) electrons. The molecule has 0 N–H and O–H groups in total. The average molecular weight is 699 g/mol. The molecule has 0 spiro atoms. The lowest BCUT2D eigenvalue weighted by atomic mass is 9.87. The van der Waals surface area contributed by atoms with Crippen LogP contribution in [0.15, 0.2) is 146 Å². The van der Waals surface area contributed by atoms with Gasteiger partial charge in [0.2, 0.25) is 0 Å². The van der Waals surface area contributed by atoms with Crippen molar-refractivity contribution in [1.29, 1.82) is 0 Å². The molecule has 0 atom stereocenters. The largest absolute Gasteiger partial charge is 0.309 e. The monoisotopic (exact) mass is 698 g/mol. The number of rotatable bonds is 3. The third kappa shape index (κ3) is 4.90. The molecule has 10 rings (SSSR count). The highest BCUT2D eigenvalue weighted by Crippen LogP contribution is 2.44. The molecule has 0 saturated heterocycles. The smallest absolute Gasteiger partial charge is 0.137 e. The molecule has 6 aromatic carbocycles. The van der Waals surface area contributed by atoms with E-state index in [0.29, 0.717) is 0 Å². The molecule has 0 aliphatic rings. The first kappa shape index (κ1) is 32.4. The van der Waals surface area contributed by atoms with Crippen LogP contribution in [0.1, 0.15) is 52.7 Å². The van der Waals surface area contributed by atoms with Crippen molar-refractivity contribution in [3.8, 4) is 22.8 Å². The van der Waals surface area contributed by atoms with E-state index in [1.807, 2.05) is 12.4 Å². The number of hydrogen-bond donors (Lipinski definition) is 0. The second-order valence-corrected chi connectivity index (χ2v) is 16.8. The van der Waals surface area contributed by atoms with Gasteiger partial charge in [-0.25, -0.2) is 4.98 Å². The van der Waals surface area contributed by atoms with Crippen LogP contribution in [0.5, 0.6) is 0 Å². The summed E-state index contributed by atoms with van der Waals surface area (Å²) >= 11 is 0. The van der Waals surface area contributed by atoms with E-state index < -0.39 is 0 Å². The maximum Gasteiger partial charge on any atom is 0.137 e. The Kier molecular flexibility index (Phi) is 6.97. The van der Waals surface area contributed by atoms with Crippen molar-refractivity contribution in [2.45, 2.75) is 52.4 Å². The molecule has 0 saturated carbocycles. The summed E-state index contributed by atoms with van der Waals surface area (Å²) in [6.07, 6.45) is 3.91. The fourth-order valence-electron chi connectivity index (χ4n) is 8.51. The Balaban J connectivity index is 1.32. The van der Waals surface area contributed by atoms with Crippen molar-refractivity contribution in [3.05, 3.63) is 157 Å². The molecule has 4 heteroatoms. The minimum absolute atomic E-state index is 0.0295. The molecular weight excluding hydrogens is 657 g/mol. The molecule has 0 aliphatic carbocycles. The Morgan fingerprint density at radius 3 is 1.74 bits per heavy atom. The van der Waals surface area contributed by atoms with Gasteiger partial charge in [-0.2, -0.15) is 0 Å². The Morgan fingerprint density at radius 2 is 1.00 bits per heavy atom. The molecular formula is C50H42N4. The van der Waals surface area contributed by atoms with Gasteiger partial charge in [-0.3, -0.25) is 9.55 Å². The van der Waals surface area contributed by atoms with Gasteiger partial charge in [0.15, 0.2) is 0 Å². The molecule has 0 aliphatic heterocycles. The first-order chi connectivity index (χ1) is 26.1. The molecule has 0 unspecified atom stereocenters. The summed E-state index contributed by atoms with van der Waals surface area (Å²) in [4.78, 5) is 9.94. The Hall–Kier alpha value is -6.26. The first-order valence-electron chi connectivity index (χ1n) is 18.9. The van der Waals surface area contributed by atoms with Gasteiger partial charge >= 0.3 is 0 Å². The molecule has 4 aromatic heterocycles. The zero-order valence-electron chi connectivity index (χ0n) is 31.6. The van der Waals surface area contributed by atoms with Gasteiger partial charge in [0.05, 0.1) is 27.8 Å². The minimum atomic E-state index is -0.0295. The van der Waals surface area contributed by atoms with Crippen LogP contribution in [0, 0.1) is 0 Å². The molecule has 4 heterocycles. The third-order valence-electron chi connectivity index (χ3n) is 11.3. The van der Waals surface area contributed by atoms with Crippen LogP contribution in [0.2, 0.25) is 0 Å². The van der Waals surface area contributed by atoms with Crippen LogP contribution < -0.4 is 0 Å². The molecule has 0 amide bonds. The van der Waals surface area contributed by atoms with Crippen LogP contribution in [-0.2, 0) is 10.8 Å². The summed E-state index contributed by atoms with van der Waals surface area (Å²) in [5.74, 6) is 0.925. The molecule has 262 valence electrons. The normalized spacial score (nSPS) is 12.6. The van der Waals surface area contributed by atoms with E-state index in [-0.39, 0.29) is 10.8 Å². The number of para-hydroxylation sites is 1. The molecule has 10 aromatic rings. The van der Waals surface area contributed by atoms with Gasteiger partial charge in [-0.15, -0.1) is 0 Å². The van der Waals surface area contributed by atoms with Crippen molar-refractivity contribution in [2.24, 2.45) is 0 Å². The lowest BCUT2D eigenvalue weighted by molar-refractivity contribution is 0.588. The number of fused-ring (bicyclic) bond motifs is 11. The number of nitrogens with zero attached hydrogens (tertiary/aromatic N) is 4. The van der Waals surface area contributed by atoms with E-state index in [0.717, 1.165) is 33.8 Å². The highest BCUT2D eigenvalue weighted by Gasteiger charge is 2.23. The number of hydrogen-bond acceptors (Lipinski definition) is 2. The summed E-state index contributed by atoms with van der Waals surface area (Å²) in [5.41, 5.74) is 10.4. The van der Waals surface area contributed by atoms with Crippen molar-refractivity contribution in [3.63, 3.8) is 0 Å². The molecule has 0 bridgehead atoms. The van der Waals surface area contributed by atoms with Crippen LogP contribution in [0.3, 0.4) is 0 Å². The second kappa shape index (κ2) is 11.6. The Labute approximate surface area is 315 Å². The zero-order chi connectivity index (χ0) is 36.9. The standard InChI is InChI=1S/C50H42N4/c1-49(2,3)32-23-25-51-42(28-32)31-19-21-38-37-15-11-12-18-43(37)53(44(38)27-31)34-20-22-41-45(30-34)54(46-29-33(24-26-52-46)50(4,5)6)48-40-17-10-8-14-36(40)35-13-7-9-16-39(35)47(41)48/h7-30H,1-6H3. The second-order valence-electron chi connectivity index (χ2n) is 16.8. The van der Waals surface area contributed by atoms with E-state index >= 15 is 0 Å². The SMILES string of the molecule is CC(C)(C)c1ccnc(-c2ccc3c4ccccc4n(-c4ccc5c6c7ccccc7c7ccccc7c6n(-c6cc(C(C)(C)C)ccn6)c5c4)c3c2)c1. The Bertz CT molecular complexity index is 3130. The number of aromatic nitrogens is 4. The summed E-state index contributed by atoms with van der Waals surface area (Å²) in [7, 11) is 0. The van der Waals surface area contributed by atoms with Gasteiger partial charge in [0.1, 0.15) is 5.82 Å². The van der Waals surface area contributed by atoms with Crippen molar-refractivity contribution >= 4 is 65.2 Å². The number of pyridine rings is 2. The van der Waals surface area contributed by atoms with Gasteiger partial charge < -0.3 is 4.57 Å². The summed E-state index contributed by atoms with van der Waals surface area (Å²) in [6.45, 7) is 13.6. The summed E-state index contributed by atoms with van der Waals surface area (Å²) < 4.78 is 4.85. The Morgan fingerprint density at radius 1 is 0.426 bits per heavy atom. The van der Waals surface area contributed by atoms with E-state index in [2.05, 4.69) is 184 Å². The highest BCUT2D eigenvalue weighted by molar-refractivity contribution is 6.32. The summed E-state index contributed by atoms with van der Waals surface area (Å²) in [5, 5.41) is 9.90. The third-order valence-corrected chi connectivity index (χ3v) is 11.3. The lowest BCUT2D eigenvalue weighted by Gasteiger charge is -2.20. The van der Waals surface area contributed by atoms with Gasteiger partial charge in [0.25, 0.3) is 0 Å². The van der Waals surface area contributed by atoms with Crippen LogP contribution in [-0.4, -0.2) is 19.1 Å². The fraction of sp³-hybridized carbons (Fsp3) is 0.160. The van der Waals surface area contributed by atoms with Crippen molar-refractivity contribution in [1.82, 2.24) is 19.1 Å². The molecule has 0 fully saturated rings. The predicted molar refractivity (Wildman–Crippen MR) is 229 cm³/mol. The quantitative estimate of drug-likeness (QED) is 0.172. The van der Waals surface area contributed by atoms with Crippen molar-refractivity contribution in [2.75, 3.05) is 0 Å². The van der Waals surface area contributed by atoms with Crippen molar-refractivity contribution < 1.29 is 0 Å². The molecule has 54 heavy (non-hydrogen) atoms. The summed E-state index contributed by atoms with van der Waals surface area (Å²) in [6, 6.07) is 49.0. The van der Waals surface area contributed by atoms with E-state index in [9.17, 15) is 0 Å². The maximum atomic E-state index is 5.09. The first-order valence-corrected chi connectivity index (χ1v) is 18.9. The topological polar surface area (TPSA) is 35.6 Å². The van der Waals surface area contributed by atoms with Gasteiger partial charge in [0, 0.05) is 50.6 Å². The van der Waals surface area contributed by atoms with Crippen LogP contribution in [0.4, 0.5) is 0 Å². The lowest BCUT2D eigenvalue weighted by Crippen LogP contribution is -2.12. The average Bonchev–Trinajstić information content (AvgIpc) is 3.70. The highest BCUT2D eigenvalue weighted by atomic mass is 15.1. The number of benzene rings is 6. The minimum Gasteiger partial charge on any atom is -0.309 e. The maximum absolute atomic E-state index is 5.09. The van der Waals surface area contributed by atoms with E-state index in [4.69, 9.17) is 9.97 Å². The van der Waals surface area contributed by atoms with E-state index in [1.165, 1.54) is 65.3 Å². The molecule has 4 nitrogen and oxygen atoms in total. The van der Waals surface area contributed by atoms with Crippen LogP contribution in [0.25, 0.3) is 87.9 Å². The van der Waals surface area contributed by atoms with Gasteiger partial charge in [-0.05, 0) is 86.6 Å². The van der Waals surface area contributed by atoms with Crippen LogP contribution >= 0.6 is 0 Å². The van der Waals surface area contributed by atoms with E-state index in [1.54, 1.807) is 0 Å². The predicted octanol–water partition coefficient (Wildman–Crippen LogP) is 13.2. The fourth-order valence-corrected chi connectivity index (χ4v) is 8.51. The zero-order valence-corrected chi connectivity index (χ0v) is 31.6.